The quantitative estimate of drug-likeness (QED) is 0.181. The van der Waals surface area contributed by atoms with Crippen LogP contribution in [0.25, 0.3) is 123 Å². The molecule has 3 nitrogen and oxygen atoms in total. The Morgan fingerprint density at radius 2 is 0.909 bits per heavy atom. The molecule has 0 N–H and O–H groups in total. The van der Waals surface area contributed by atoms with Crippen LogP contribution in [0.5, 0.6) is 0 Å². The molecule has 0 aliphatic rings. The zero-order valence-corrected chi connectivity index (χ0v) is 30.9. The van der Waals surface area contributed by atoms with Gasteiger partial charge in [0, 0.05) is 67.9 Å². The molecular formula is C50H27N3S2. The first-order valence-electron chi connectivity index (χ1n) is 18.6. The van der Waals surface area contributed by atoms with E-state index in [0.29, 0.717) is 0 Å². The molecule has 13 rings (SSSR count). The van der Waals surface area contributed by atoms with Crippen molar-refractivity contribution in [3.8, 4) is 28.2 Å². The monoisotopic (exact) mass is 733 g/mol. The van der Waals surface area contributed by atoms with Gasteiger partial charge in [0.15, 0.2) is 0 Å². The van der Waals surface area contributed by atoms with Gasteiger partial charge in [-0.3, -0.25) is 0 Å². The minimum atomic E-state index is 0.892. The Balaban J connectivity index is 1.01. The molecule has 0 unspecified atom stereocenters. The first kappa shape index (κ1) is 29.8. The molecule has 0 saturated heterocycles. The molecule has 4 heterocycles. The van der Waals surface area contributed by atoms with Crippen LogP contribution in [0.3, 0.4) is 0 Å². The van der Waals surface area contributed by atoms with Crippen molar-refractivity contribution in [2.45, 2.75) is 0 Å². The van der Waals surface area contributed by atoms with E-state index in [4.69, 9.17) is 9.97 Å². The van der Waals surface area contributed by atoms with E-state index in [2.05, 4.69) is 156 Å². The fourth-order valence-electron chi connectivity index (χ4n) is 9.04. The maximum absolute atomic E-state index is 5.28. The third kappa shape index (κ3) is 4.19. The fraction of sp³-hybridized carbons (Fsp3) is 0. The zero-order chi connectivity index (χ0) is 35.8. The molecule has 4 aromatic heterocycles. The Bertz CT molecular complexity index is 3630. The maximum atomic E-state index is 5.28. The third-order valence-corrected chi connectivity index (χ3v) is 13.8. The van der Waals surface area contributed by atoms with E-state index in [0.717, 1.165) is 39.2 Å². The summed E-state index contributed by atoms with van der Waals surface area (Å²) in [6.07, 6.45) is 0. The number of para-hydroxylation sites is 2. The average molecular weight is 734 g/mol. The maximum Gasteiger partial charge on any atom is 0.0973 e. The van der Waals surface area contributed by atoms with E-state index in [1.807, 2.05) is 34.8 Å². The number of hydrogen-bond donors (Lipinski definition) is 0. The molecular weight excluding hydrogens is 707 g/mol. The minimum Gasteiger partial charge on any atom is -0.309 e. The van der Waals surface area contributed by atoms with Crippen LogP contribution >= 0.6 is 22.7 Å². The summed E-state index contributed by atoms with van der Waals surface area (Å²) in [7, 11) is 0. The van der Waals surface area contributed by atoms with E-state index in [9.17, 15) is 0 Å². The minimum absolute atomic E-state index is 0.892. The highest BCUT2D eigenvalue weighted by atomic mass is 32.1. The SMILES string of the molecule is c1ccc2nc(-c3ccc4sc5ccccc5c4c3)c(-c3ccc4cc(-n5c6ccc7cccc8sc9cccc%10ccc5c(c%109)c6c78)ccc4c3)nc2c1. The highest BCUT2D eigenvalue weighted by Crippen LogP contribution is 2.46. The number of fused-ring (bicyclic) bond motifs is 5. The molecule has 0 radical (unpaired) electrons. The van der Waals surface area contributed by atoms with Crippen LogP contribution in [-0.4, -0.2) is 14.5 Å². The van der Waals surface area contributed by atoms with Gasteiger partial charge < -0.3 is 4.57 Å². The van der Waals surface area contributed by atoms with Crippen LogP contribution < -0.4 is 0 Å². The van der Waals surface area contributed by atoms with Crippen molar-refractivity contribution in [1.29, 1.82) is 0 Å². The molecule has 0 saturated carbocycles. The van der Waals surface area contributed by atoms with Gasteiger partial charge in [0.25, 0.3) is 0 Å². The van der Waals surface area contributed by atoms with E-state index >= 15 is 0 Å². The number of thiophene rings is 1. The third-order valence-electron chi connectivity index (χ3n) is 11.5. The number of benzene rings is 9. The lowest BCUT2D eigenvalue weighted by atomic mass is 9.99. The Labute approximate surface area is 322 Å². The van der Waals surface area contributed by atoms with Gasteiger partial charge in [0.2, 0.25) is 0 Å². The fourth-order valence-corrected chi connectivity index (χ4v) is 11.3. The molecule has 0 aliphatic carbocycles. The van der Waals surface area contributed by atoms with Crippen molar-refractivity contribution >= 4 is 117 Å². The topological polar surface area (TPSA) is 30.7 Å². The van der Waals surface area contributed by atoms with Crippen LogP contribution in [0.4, 0.5) is 0 Å². The van der Waals surface area contributed by atoms with E-state index in [-0.39, 0.29) is 0 Å². The number of nitrogens with zero attached hydrogens (tertiary/aromatic N) is 3. The van der Waals surface area contributed by atoms with Gasteiger partial charge in [0.05, 0.1) is 33.5 Å². The Kier molecular flexibility index (Phi) is 5.93. The average Bonchev–Trinajstić information content (AvgIpc) is 3.73. The van der Waals surface area contributed by atoms with Gasteiger partial charge in [-0.15, -0.1) is 22.7 Å². The van der Waals surface area contributed by atoms with Gasteiger partial charge in [-0.1, -0.05) is 91.0 Å². The highest BCUT2D eigenvalue weighted by molar-refractivity contribution is 7.26. The molecule has 13 aromatic rings. The highest BCUT2D eigenvalue weighted by Gasteiger charge is 2.21. The van der Waals surface area contributed by atoms with Crippen LogP contribution in [0.1, 0.15) is 0 Å². The number of rotatable bonds is 3. The molecule has 55 heavy (non-hydrogen) atoms. The Morgan fingerprint density at radius 3 is 1.64 bits per heavy atom. The summed E-state index contributed by atoms with van der Waals surface area (Å²) in [6, 6.07) is 59.9. The summed E-state index contributed by atoms with van der Waals surface area (Å²) in [4.78, 5) is 10.5. The molecule has 254 valence electrons. The zero-order valence-electron chi connectivity index (χ0n) is 29.2. The summed E-state index contributed by atoms with van der Waals surface area (Å²) in [5.74, 6) is 0. The van der Waals surface area contributed by atoms with Crippen LogP contribution in [0.2, 0.25) is 0 Å². The Hall–Kier alpha value is -6.66. The van der Waals surface area contributed by atoms with Crippen LogP contribution in [0, 0.1) is 0 Å². The lowest BCUT2D eigenvalue weighted by molar-refractivity contribution is 1.19. The molecule has 0 amide bonds. The summed E-state index contributed by atoms with van der Waals surface area (Å²) >= 11 is 3.73. The van der Waals surface area contributed by atoms with Crippen LogP contribution in [0.15, 0.2) is 164 Å². The van der Waals surface area contributed by atoms with E-state index in [1.54, 1.807) is 0 Å². The lowest BCUT2D eigenvalue weighted by Crippen LogP contribution is -1.96. The molecule has 0 fully saturated rings. The second-order valence-corrected chi connectivity index (χ2v) is 16.7. The van der Waals surface area contributed by atoms with Crippen molar-refractivity contribution < 1.29 is 0 Å². The second-order valence-electron chi connectivity index (χ2n) is 14.5. The molecule has 5 heteroatoms. The number of aromatic nitrogens is 3. The van der Waals surface area contributed by atoms with Crippen LogP contribution in [-0.2, 0) is 0 Å². The Morgan fingerprint density at radius 1 is 0.364 bits per heavy atom. The summed E-state index contributed by atoms with van der Waals surface area (Å²) in [5.41, 5.74) is 9.34. The lowest BCUT2D eigenvalue weighted by Gasteiger charge is -2.13. The van der Waals surface area contributed by atoms with Gasteiger partial charge in [-0.25, -0.2) is 9.97 Å². The van der Waals surface area contributed by atoms with Gasteiger partial charge in [0.1, 0.15) is 0 Å². The first-order valence-corrected chi connectivity index (χ1v) is 20.2. The summed E-state index contributed by atoms with van der Waals surface area (Å²) in [5, 5.41) is 12.8. The summed E-state index contributed by atoms with van der Waals surface area (Å²) < 4.78 is 7.68. The normalized spacial score (nSPS) is 12.4. The van der Waals surface area contributed by atoms with Gasteiger partial charge >= 0.3 is 0 Å². The van der Waals surface area contributed by atoms with Gasteiger partial charge in [-0.05, 0) is 94.3 Å². The smallest absolute Gasteiger partial charge is 0.0973 e. The molecule has 0 aliphatic heterocycles. The van der Waals surface area contributed by atoms with E-state index < -0.39 is 0 Å². The second kappa shape index (κ2) is 11.0. The van der Waals surface area contributed by atoms with Crippen molar-refractivity contribution in [2.75, 3.05) is 0 Å². The standard InChI is InChI=1S/C50H27N3S2/c1-4-12-41-35(9-1)36-27-33(20-24-42(36)54-41)50-49(51-37-10-2-3-11-38(37)52-50)32-16-15-31-26-34(21-17-30(31)25-32)53-39-22-18-28-7-5-13-43-45(28)47(39)48-40(53)23-19-29-8-6-14-44(55-43)46(29)48/h1-27H. The molecule has 0 bridgehead atoms. The van der Waals surface area contributed by atoms with Crippen molar-refractivity contribution in [2.24, 2.45) is 0 Å². The van der Waals surface area contributed by atoms with Crippen molar-refractivity contribution in [1.82, 2.24) is 14.5 Å². The largest absolute Gasteiger partial charge is 0.309 e. The first-order chi connectivity index (χ1) is 27.2. The molecule has 0 spiro atoms. The summed E-state index contributed by atoms with van der Waals surface area (Å²) in [6.45, 7) is 0. The number of hydrogen-bond acceptors (Lipinski definition) is 4. The predicted molar refractivity (Wildman–Crippen MR) is 237 cm³/mol. The molecule has 9 aromatic carbocycles. The molecule has 0 atom stereocenters. The van der Waals surface area contributed by atoms with Gasteiger partial charge in [-0.2, -0.15) is 0 Å². The van der Waals surface area contributed by atoms with Crippen molar-refractivity contribution in [3.05, 3.63) is 164 Å². The predicted octanol–water partition coefficient (Wildman–Crippen LogP) is 14.5. The van der Waals surface area contributed by atoms with E-state index in [1.165, 1.54) is 83.7 Å². The van der Waals surface area contributed by atoms with Crippen molar-refractivity contribution in [3.63, 3.8) is 0 Å².